The van der Waals surface area contributed by atoms with Crippen molar-refractivity contribution in [2.45, 2.75) is 51.7 Å². The molecule has 116 valence electrons. The van der Waals surface area contributed by atoms with Gasteiger partial charge in [0, 0.05) is 24.7 Å². The SMILES string of the molecule is CC(C)(C)N1CCC[C@H](NC(=S)NCc2ccccc2)C1. The largest absolute Gasteiger partial charge is 0.359 e. The van der Waals surface area contributed by atoms with Crippen LogP contribution in [0.5, 0.6) is 0 Å². The summed E-state index contributed by atoms with van der Waals surface area (Å²) in [5.74, 6) is 0. The minimum atomic E-state index is 0.236. The topological polar surface area (TPSA) is 27.3 Å². The van der Waals surface area contributed by atoms with Crippen molar-refractivity contribution in [2.75, 3.05) is 13.1 Å². The van der Waals surface area contributed by atoms with Crippen LogP contribution in [0.15, 0.2) is 30.3 Å². The average molecular weight is 305 g/mol. The summed E-state index contributed by atoms with van der Waals surface area (Å²) in [5, 5.41) is 7.53. The molecule has 1 heterocycles. The van der Waals surface area contributed by atoms with Gasteiger partial charge in [-0.3, -0.25) is 4.90 Å². The lowest BCUT2D eigenvalue weighted by molar-refractivity contribution is 0.0954. The second-order valence-corrected chi connectivity index (χ2v) is 7.18. The van der Waals surface area contributed by atoms with E-state index in [-0.39, 0.29) is 5.54 Å². The molecule has 1 aliphatic heterocycles. The second kappa shape index (κ2) is 7.23. The number of thiocarbonyl (C=S) groups is 1. The first-order valence-electron chi connectivity index (χ1n) is 7.78. The van der Waals surface area contributed by atoms with Gasteiger partial charge in [-0.15, -0.1) is 0 Å². The fourth-order valence-corrected chi connectivity index (χ4v) is 2.96. The highest BCUT2D eigenvalue weighted by atomic mass is 32.1. The van der Waals surface area contributed by atoms with Gasteiger partial charge in [0.2, 0.25) is 0 Å². The lowest BCUT2D eigenvalue weighted by atomic mass is 9.98. The van der Waals surface area contributed by atoms with E-state index in [4.69, 9.17) is 12.2 Å². The third-order valence-electron chi connectivity index (χ3n) is 4.00. The summed E-state index contributed by atoms with van der Waals surface area (Å²) in [5.41, 5.74) is 1.49. The standard InChI is InChI=1S/C17H27N3S/c1-17(2,3)20-11-7-10-15(13-20)19-16(21)18-12-14-8-5-4-6-9-14/h4-6,8-9,15H,7,10-13H2,1-3H3,(H2,18,19,21)/t15-/m0/s1. The molecule has 0 aromatic heterocycles. The number of likely N-dealkylation sites (tertiary alicyclic amines) is 1. The van der Waals surface area contributed by atoms with Gasteiger partial charge in [0.15, 0.2) is 5.11 Å². The van der Waals surface area contributed by atoms with Crippen LogP contribution in [-0.2, 0) is 6.54 Å². The Bertz CT molecular complexity index is 453. The Labute approximate surface area is 134 Å². The number of hydrogen-bond donors (Lipinski definition) is 2. The minimum Gasteiger partial charge on any atom is -0.359 e. The van der Waals surface area contributed by atoms with Crippen molar-refractivity contribution in [3.63, 3.8) is 0 Å². The third kappa shape index (κ3) is 5.29. The number of rotatable bonds is 3. The van der Waals surface area contributed by atoms with Gasteiger partial charge in [-0.25, -0.2) is 0 Å². The van der Waals surface area contributed by atoms with Crippen molar-refractivity contribution in [1.29, 1.82) is 0 Å². The van der Waals surface area contributed by atoms with E-state index < -0.39 is 0 Å². The van der Waals surface area contributed by atoms with E-state index in [1.807, 2.05) is 6.07 Å². The van der Waals surface area contributed by atoms with Crippen molar-refractivity contribution in [2.24, 2.45) is 0 Å². The van der Waals surface area contributed by atoms with Crippen molar-refractivity contribution in [1.82, 2.24) is 15.5 Å². The molecule has 0 amide bonds. The monoisotopic (exact) mass is 305 g/mol. The molecular weight excluding hydrogens is 278 g/mol. The molecule has 0 unspecified atom stereocenters. The number of nitrogens with one attached hydrogen (secondary N) is 2. The maximum absolute atomic E-state index is 5.43. The van der Waals surface area contributed by atoms with E-state index in [0.717, 1.165) is 18.2 Å². The molecule has 0 spiro atoms. The summed E-state index contributed by atoms with van der Waals surface area (Å²) in [6, 6.07) is 10.8. The molecule has 0 aliphatic carbocycles. The van der Waals surface area contributed by atoms with Gasteiger partial charge in [-0.05, 0) is 57.9 Å². The van der Waals surface area contributed by atoms with Gasteiger partial charge in [-0.2, -0.15) is 0 Å². The van der Waals surface area contributed by atoms with Gasteiger partial charge in [0.25, 0.3) is 0 Å². The lowest BCUT2D eigenvalue weighted by Crippen LogP contribution is -2.54. The first-order chi connectivity index (χ1) is 9.95. The summed E-state index contributed by atoms with van der Waals surface area (Å²) >= 11 is 5.43. The highest BCUT2D eigenvalue weighted by Gasteiger charge is 2.27. The van der Waals surface area contributed by atoms with Crippen LogP contribution in [0.25, 0.3) is 0 Å². The van der Waals surface area contributed by atoms with Gasteiger partial charge in [-0.1, -0.05) is 30.3 Å². The number of benzene rings is 1. The third-order valence-corrected chi connectivity index (χ3v) is 4.26. The van der Waals surface area contributed by atoms with Crippen molar-refractivity contribution in [3.05, 3.63) is 35.9 Å². The van der Waals surface area contributed by atoms with Crippen LogP contribution in [-0.4, -0.2) is 34.7 Å². The molecule has 1 aliphatic rings. The van der Waals surface area contributed by atoms with E-state index in [1.54, 1.807) is 0 Å². The molecule has 2 rings (SSSR count). The van der Waals surface area contributed by atoms with E-state index in [2.05, 4.69) is 60.6 Å². The zero-order valence-electron chi connectivity index (χ0n) is 13.4. The van der Waals surface area contributed by atoms with Gasteiger partial charge in [0.1, 0.15) is 0 Å². The fourth-order valence-electron chi connectivity index (χ4n) is 2.72. The molecule has 0 radical (unpaired) electrons. The Morgan fingerprint density at radius 2 is 2.00 bits per heavy atom. The molecule has 1 saturated heterocycles. The van der Waals surface area contributed by atoms with E-state index in [1.165, 1.54) is 24.9 Å². The van der Waals surface area contributed by atoms with E-state index in [9.17, 15) is 0 Å². The maximum atomic E-state index is 5.43. The van der Waals surface area contributed by atoms with Crippen LogP contribution < -0.4 is 10.6 Å². The van der Waals surface area contributed by atoms with Crippen LogP contribution >= 0.6 is 12.2 Å². The maximum Gasteiger partial charge on any atom is 0.166 e. The normalized spacial score (nSPS) is 20.0. The Hall–Kier alpha value is -1.13. The van der Waals surface area contributed by atoms with Crippen LogP contribution in [0.1, 0.15) is 39.2 Å². The van der Waals surface area contributed by atoms with Crippen molar-refractivity contribution < 1.29 is 0 Å². The number of piperidine rings is 1. The molecular formula is C17H27N3S. The molecule has 1 fully saturated rings. The molecule has 0 bridgehead atoms. The minimum absolute atomic E-state index is 0.236. The molecule has 1 atom stereocenters. The zero-order valence-corrected chi connectivity index (χ0v) is 14.2. The molecule has 2 N–H and O–H groups in total. The quantitative estimate of drug-likeness (QED) is 0.840. The highest BCUT2D eigenvalue weighted by Crippen LogP contribution is 2.19. The summed E-state index contributed by atoms with van der Waals surface area (Å²) < 4.78 is 0. The summed E-state index contributed by atoms with van der Waals surface area (Å²) in [6.07, 6.45) is 2.43. The number of nitrogens with zero attached hydrogens (tertiary/aromatic N) is 1. The van der Waals surface area contributed by atoms with Gasteiger partial charge in [0.05, 0.1) is 0 Å². The first-order valence-corrected chi connectivity index (χ1v) is 8.19. The molecule has 4 heteroatoms. The van der Waals surface area contributed by atoms with E-state index >= 15 is 0 Å². The van der Waals surface area contributed by atoms with Crippen molar-refractivity contribution >= 4 is 17.3 Å². The van der Waals surface area contributed by atoms with Crippen LogP contribution in [0, 0.1) is 0 Å². The summed E-state index contributed by atoms with van der Waals surface area (Å²) in [4.78, 5) is 2.54. The number of hydrogen-bond acceptors (Lipinski definition) is 2. The Kier molecular flexibility index (Phi) is 5.59. The van der Waals surface area contributed by atoms with E-state index in [0.29, 0.717) is 6.04 Å². The fraction of sp³-hybridized carbons (Fsp3) is 0.588. The predicted molar refractivity (Wildman–Crippen MR) is 93.4 cm³/mol. The molecule has 21 heavy (non-hydrogen) atoms. The van der Waals surface area contributed by atoms with Crippen LogP contribution in [0.4, 0.5) is 0 Å². The molecule has 3 nitrogen and oxygen atoms in total. The lowest BCUT2D eigenvalue weighted by Gasteiger charge is -2.42. The Balaban J connectivity index is 1.77. The highest BCUT2D eigenvalue weighted by molar-refractivity contribution is 7.80. The Morgan fingerprint density at radius 3 is 2.67 bits per heavy atom. The Morgan fingerprint density at radius 1 is 1.29 bits per heavy atom. The second-order valence-electron chi connectivity index (χ2n) is 6.77. The molecule has 1 aromatic carbocycles. The average Bonchev–Trinajstić information content (AvgIpc) is 2.46. The summed E-state index contributed by atoms with van der Waals surface area (Å²) in [6.45, 7) is 9.87. The smallest absolute Gasteiger partial charge is 0.166 e. The van der Waals surface area contributed by atoms with Gasteiger partial charge < -0.3 is 10.6 Å². The molecule has 1 aromatic rings. The molecule has 0 saturated carbocycles. The van der Waals surface area contributed by atoms with Crippen LogP contribution in [0.3, 0.4) is 0 Å². The van der Waals surface area contributed by atoms with Crippen molar-refractivity contribution in [3.8, 4) is 0 Å². The summed E-state index contributed by atoms with van der Waals surface area (Å²) in [7, 11) is 0. The zero-order chi connectivity index (χ0) is 15.3. The first kappa shape index (κ1) is 16.2. The predicted octanol–water partition coefficient (Wildman–Crippen LogP) is 2.91. The van der Waals surface area contributed by atoms with Gasteiger partial charge >= 0.3 is 0 Å². The van der Waals surface area contributed by atoms with Crippen LogP contribution in [0.2, 0.25) is 0 Å².